The second-order valence-corrected chi connectivity index (χ2v) is 6.55. The first-order chi connectivity index (χ1) is 9.69. The van der Waals surface area contributed by atoms with Crippen LogP contribution in [0.5, 0.6) is 0 Å². The molecule has 1 aromatic rings. The molecule has 1 saturated carbocycles. The van der Waals surface area contributed by atoms with Crippen molar-refractivity contribution in [2.45, 2.75) is 43.5 Å². The van der Waals surface area contributed by atoms with Crippen LogP contribution in [0.25, 0.3) is 0 Å². The summed E-state index contributed by atoms with van der Waals surface area (Å²) >= 11 is 1.56. The third kappa shape index (κ3) is 4.53. The quantitative estimate of drug-likeness (QED) is 0.821. The molecule has 1 amide bonds. The molecular weight excluding hydrogens is 270 g/mol. The summed E-state index contributed by atoms with van der Waals surface area (Å²) in [5, 5.41) is 12.4. The lowest BCUT2D eigenvalue weighted by Crippen LogP contribution is -2.44. The topological polar surface area (TPSA) is 49.3 Å². The van der Waals surface area contributed by atoms with Crippen LogP contribution in [0.1, 0.15) is 31.2 Å². The molecule has 110 valence electrons. The van der Waals surface area contributed by atoms with E-state index in [1.165, 1.54) is 5.56 Å². The van der Waals surface area contributed by atoms with Crippen LogP contribution in [0.4, 0.5) is 0 Å². The lowest BCUT2D eigenvalue weighted by atomic mass is 9.85. The summed E-state index contributed by atoms with van der Waals surface area (Å²) in [5.74, 6) is 0.746. The van der Waals surface area contributed by atoms with Gasteiger partial charge in [-0.3, -0.25) is 4.79 Å². The molecule has 2 unspecified atom stereocenters. The normalized spacial score (nSPS) is 22.5. The zero-order valence-corrected chi connectivity index (χ0v) is 12.8. The number of amides is 1. The molecule has 0 aliphatic heterocycles. The van der Waals surface area contributed by atoms with Crippen molar-refractivity contribution in [2.75, 3.05) is 12.4 Å². The van der Waals surface area contributed by atoms with Crippen molar-refractivity contribution in [3.05, 3.63) is 29.8 Å². The van der Waals surface area contributed by atoms with Crippen LogP contribution in [-0.2, 0) is 4.79 Å². The van der Waals surface area contributed by atoms with Gasteiger partial charge in [-0.15, -0.1) is 11.8 Å². The van der Waals surface area contributed by atoms with Crippen LogP contribution < -0.4 is 5.32 Å². The van der Waals surface area contributed by atoms with Crippen molar-refractivity contribution in [1.82, 2.24) is 5.32 Å². The Morgan fingerprint density at radius 2 is 2.00 bits per heavy atom. The van der Waals surface area contributed by atoms with E-state index in [1.54, 1.807) is 11.8 Å². The highest BCUT2D eigenvalue weighted by Gasteiger charge is 2.25. The van der Waals surface area contributed by atoms with E-state index < -0.39 is 0 Å². The molecule has 2 N–H and O–H groups in total. The van der Waals surface area contributed by atoms with E-state index in [9.17, 15) is 9.90 Å². The lowest BCUT2D eigenvalue weighted by Gasteiger charge is -2.30. The predicted octanol–water partition coefficient (Wildman–Crippen LogP) is 2.75. The SMILES string of the molecule is Cc1ccc(SCC(=O)NC2CCCCC2CO)cc1. The Bertz CT molecular complexity index is 433. The Labute approximate surface area is 125 Å². The van der Waals surface area contributed by atoms with Gasteiger partial charge in [0.2, 0.25) is 5.91 Å². The number of hydrogen-bond donors (Lipinski definition) is 2. The van der Waals surface area contributed by atoms with E-state index in [4.69, 9.17) is 0 Å². The first kappa shape index (κ1) is 15.4. The van der Waals surface area contributed by atoms with Crippen LogP contribution >= 0.6 is 11.8 Å². The number of carbonyl (C=O) groups excluding carboxylic acids is 1. The molecule has 0 bridgehead atoms. The lowest BCUT2D eigenvalue weighted by molar-refractivity contribution is -0.120. The molecule has 4 heteroatoms. The largest absolute Gasteiger partial charge is 0.396 e. The highest BCUT2D eigenvalue weighted by molar-refractivity contribution is 8.00. The number of thioether (sulfide) groups is 1. The Balaban J connectivity index is 1.78. The van der Waals surface area contributed by atoms with Gasteiger partial charge >= 0.3 is 0 Å². The van der Waals surface area contributed by atoms with Crippen LogP contribution in [0.3, 0.4) is 0 Å². The van der Waals surface area contributed by atoms with E-state index in [0.717, 1.165) is 30.6 Å². The molecule has 1 aliphatic rings. The zero-order chi connectivity index (χ0) is 14.4. The summed E-state index contributed by atoms with van der Waals surface area (Å²) in [5.41, 5.74) is 1.23. The zero-order valence-electron chi connectivity index (χ0n) is 12.0. The Hall–Kier alpha value is -1.00. The number of hydrogen-bond acceptors (Lipinski definition) is 3. The maximum atomic E-state index is 12.0. The number of aliphatic hydroxyl groups is 1. The number of rotatable bonds is 5. The summed E-state index contributed by atoms with van der Waals surface area (Å²) in [7, 11) is 0. The van der Waals surface area contributed by atoms with Crippen molar-refractivity contribution < 1.29 is 9.90 Å². The fourth-order valence-corrected chi connectivity index (χ4v) is 3.36. The Kier molecular flexibility index (Phi) is 5.92. The Morgan fingerprint density at radius 3 is 2.70 bits per heavy atom. The van der Waals surface area contributed by atoms with Gasteiger partial charge in [-0.25, -0.2) is 0 Å². The molecule has 20 heavy (non-hydrogen) atoms. The van der Waals surface area contributed by atoms with Gasteiger partial charge < -0.3 is 10.4 Å². The molecule has 0 aromatic heterocycles. The fraction of sp³-hybridized carbons (Fsp3) is 0.562. The van der Waals surface area contributed by atoms with E-state index >= 15 is 0 Å². The summed E-state index contributed by atoms with van der Waals surface area (Å²) in [6, 6.07) is 8.36. The molecule has 0 spiro atoms. The van der Waals surface area contributed by atoms with Gasteiger partial charge in [-0.05, 0) is 31.9 Å². The molecule has 1 aromatic carbocycles. The summed E-state index contributed by atoms with van der Waals surface area (Å²) in [6.45, 7) is 2.23. The summed E-state index contributed by atoms with van der Waals surface area (Å²) in [4.78, 5) is 13.1. The van der Waals surface area contributed by atoms with Crippen LogP contribution in [-0.4, -0.2) is 29.4 Å². The molecule has 0 radical (unpaired) electrons. The third-order valence-corrected chi connectivity index (χ3v) is 4.89. The van der Waals surface area contributed by atoms with E-state index in [2.05, 4.69) is 24.4 Å². The van der Waals surface area contributed by atoms with E-state index in [0.29, 0.717) is 5.75 Å². The molecule has 3 nitrogen and oxygen atoms in total. The van der Waals surface area contributed by atoms with Crippen molar-refractivity contribution in [1.29, 1.82) is 0 Å². The minimum absolute atomic E-state index is 0.0703. The second kappa shape index (κ2) is 7.70. The minimum atomic E-state index is 0.0703. The van der Waals surface area contributed by atoms with Gasteiger partial charge in [-0.2, -0.15) is 0 Å². The van der Waals surface area contributed by atoms with Crippen molar-refractivity contribution in [3.8, 4) is 0 Å². The minimum Gasteiger partial charge on any atom is -0.396 e. The molecule has 0 heterocycles. The average molecular weight is 293 g/mol. The molecular formula is C16H23NO2S. The van der Waals surface area contributed by atoms with Crippen LogP contribution in [0.15, 0.2) is 29.2 Å². The van der Waals surface area contributed by atoms with E-state index in [-0.39, 0.29) is 24.5 Å². The number of carbonyl (C=O) groups is 1. The summed E-state index contributed by atoms with van der Waals surface area (Å²) in [6.07, 6.45) is 4.32. The van der Waals surface area contributed by atoms with Crippen LogP contribution in [0, 0.1) is 12.8 Å². The van der Waals surface area contributed by atoms with Gasteiger partial charge in [0.05, 0.1) is 5.75 Å². The highest BCUT2D eigenvalue weighted by Crippen LogP contribution is 2.24. The number of nitrogens with one attached hydrogen (secondary N) is 1. The number of aryl methyl sites for hydroxylation is 1. The van der Waals surface area contributed by atoms with Gasteiger partial charge in [-0.1, -0.05) is 30.5 Å². The highest BCUT2D eigenvalue weighted by atomic mass is 32.2. The van der Waals surface area contributed by atoms with Crippen LogP contribution in [0.2, 0.25) is 0 Å². The van der Waals surface area contributed by atoms with Crippen molar-refractivity contribution in [2.24, 2.45) is 5.92 Å². The van der Waals surface area contributed by atoms with Gasteiger partial charge in [0, 0.05) is 23.5 Å². The smallest absolute Gasteiger partial charge is 0.230 e. The fourth-order valence-electron chi connectivity index (χ4n) is 2.65. The summed E-state index contributed by atoms with van der Waals surface area (Å²) < 4.78 is 0. The molecule has 1 fully saturated rings. The third-order valence-electron chi connectivity index (χ3n) is 3.88. The van der Waals surface area contributed by atoms with Gasteiger partial charge in [0.1, 0.15) is 0 Å². The molecule has 2 atom stereocenters. The maximum absolute atomic E-state index is 12.0. The maximum Gasteiger partial charge on any atom is 0.230 e. The first-order valence-corrected chi connectivity index (χ1v) is 8.27. The van der Waals surface area contributed by atoms with Gasteiger partial charge in [0.25, 0.3) is 0 Å². The number of aliphatic hydroxyl groups excluding tert-OH is 1. The predicted molar refractivity (Wildman–Crippen MR) is 82.9 cm³/mol. The van der Waals surface area contributed by atoms with E-state index in [1.807, 2.05) is 12.1 Å². The Morgan fingerprint density at radius 1 is 1.30 bits per heavy atom. The molecule has 2 rings (SSSR count). The first-order valence-electron chi connectivity index (χ1n) is 7.28. The second-order valence-electron chi connectivity index (χ2n) is 5.50. The monoisotopic (exact) mass is 293 g/mol. The standard InChI is InChI=1S/C16H23NO2S/c1-12-6-8-14(9-7-12)20-11-16(19)17-15-5-3-2-4-13(15)10-18/h6-9,13,15,18H,2-5,10-11H2,1H3,(H,17,19). The molecule has 0 saturated heterocycles. The van der Waals surface area contributed by atoms with Gasteiger partial charge in [0.15, 0.2) is 0 Å². The molecule has 1 aliphatic carbocycles. The number of benzene rings is 1. The van der Waals surface area contributed by atoms with Crippen molar-refractivity contribution >= 4 is 17.7 Å². The average Bonchev–Trinajstić information content (AvgIpc) is 2.47. The van der Waals surface area contributed by atoms with Crippen molar-refractivity contribution in [3.63, 3.8) is 0 Å².